The maximum Gasteiger partial charge on any atom is 0.193 e. The second kappa shape index (κ2) is 9.67. The van der Waals surface area contributed by atoms with Crippen molar-refractivity contribution in [1.29, 1.82) is 0 Å². The fourth-order valence-electron chi connectivity index (χ4n) is 3.81. The minimum Gasteiger partial charge on any atom is -0.454 e. The van der Waals surface area contributed by atoms with E-state index in [0.717, 1.165) is 60.6 Å². The third kappa shape index (κ3) is 4.84. The average molecular weight is 424 g/mol. The van der Waals surface area contributed by atoms with Crippen molar-refractivity contribution in [2.75, 3.05) is 0 Å². The number of aromatic nitrogens is 1. The summed E-state index contributed by atoms with van der Waals surface area (Å²) in [5.74, 6) is 1.67. The van der Waals surface area contributed by atoms with Crippen LogP contribution in [0.15, 0.2) is 39.7 Å². The Bertz CT molecular complexity index is 1130. The quantitative estimate of drug-likeness (QED) is 0.430. The van der Waals surface area contributed by atoms with Crippen molar-refractivity contribution in [1.82, 2.24) is 4.57 Å². The van der Waals surface area contributed by atoms with E-state index in [1.165, 1.54) is 11.1 Å². The number of carbonyl (C=O) groups is 1. The van der Waals surface area contributed by atoms with Crippen LogP contribution < -0.4 is 5.43 Å². The Morgan fingerprint density at radius 2 is 1.87 bits per heavy atom. The van der Waals surface area contributed by atoms with Gasteiger partial charge in [0, 0.05) is 37.1 Å². The molecule has 31 heavy (non-hydrogen) atoms. The molecule has 0 amide bonds. The number of fused-ring (bicyclic) bond motifs is 5. The van der Waals surface area contributed by atoms with Crippen molar-refractivity contribution in [3.8, 4) is 11.5 Å². The molecule has 4 heteroatoms. The number of Topliss-reactive ketones (excluding diaryl/α,β-unsaturated/α-hetero) is 1. The van der Waals surface area contributed by atoms with Crippen molar-refractivity contribution >= 4 is 16.8 Å². The molecule has 2 aliphatic rings. The zero-order chi connectivity index (χ0) is 22.7. The van der Waals surface area contributed by atoms with Crippen molar-refractivity contribution < 1.29 is 10.6 Å². The average Bonchev–Trinajstić information content (AvgIpc) is 3.54. The number of pyridine rings is 1. The van der Waals surface area contributed by atoms with Gasteiger partial charge >= 0.3 is 0 Å². The molecule has 1 aliphatic heterocycles. The monoisotopic (exact) mass is 423 g/mol. The minimum atomic E-state index is -0.189. The van der Waals surface area contributed by atoms with Crippen LogP contribution >= 0.6 is 0 Å². The van der Waals surface area contributed by atoms with Crippen molar-refractivity contribution in [3.05, 3.63) is 57.4 Å². The molecular formula is C27H37NO3. The number of carbonyl (C=O) groups excluding carboxylic acids is 1. The van der Waals surface area contributed by atoms with Gasteiger partial charge in [-0.3, -0.25) is 9.59 Å². The van der Waals surface area contributed by atoms with E-state index in [4.69, 9.17) is 4.42 Å². The van der Waals surface area contributed by atoms with Gasteiger partial charge in [-0.1, -0.05) is 53.7 Å². The maximum atomic E-state index is 12.5. The van der Waals surface area contributed by atoms with Crippen LogP contribution in [0.4, 0.5) is 0 Å². The molecule has 3 aromatic rings. The maximum absolute atomic E-state index is 12.5. The summed E-state index contributed by atoms with van der Waals surface area (Å²) in [5, 5.41) is 1.13. The molecule has 0 atom stereocenters. The van der Waals surface area contributed by atoms with E-state index >= 15 is 0 Å². The lowest BCUT2D eigenvalue weighted by Gasteiger charge is -2.19. The SMILES string of the molecule is CC.CC(C)C.CCc1ccc2c3c(oc2c1)-c1cc(=O)c(C(=O)C2CC2)cn1CC3.[HH]. The van der Waals surface area contributed by atoms with Crippen molar-refractivity contribution in [2.24, 2.45) is 11.8 Å². The van der Waals surface area contributed by atoms with Crippen LogP contribution in [-0.4, -0.2) is 10.4 Å². The van der Waals surface area contributed by atoms with Gasteiger partial charge in [0.05, 0.1) is 11.3 Å². The molecule has 1 fully saturated rings. The smallest absolute Gasteiger partial charge is 0.193 e. The predicted molar refractivity (Wildman–Crippen MR) is 130 cm³/mol. The highest BCUT2D eigenvalue weighted by atomic mass is 16.3. The lowest BCUT2D eigenvalue weighted by molar-refractivity contribution is 0.0966. The van der Waals surface area contributed by atoms with Crippen LogP contribution in [0.25, 0.3) is 22.4 Å². The summed E-state index contributed by atoms with van der Waals surface area (Å²) in [4.78, 5) is 24.8. The van der Waals surface area contributed by atoms with Gasteiger partial charge in [-0.25, -0.2) is 0 Å². The van der Waals surface area contributed by atoms with Crippen LogP contribution in [0.5, 0.6) is 0 Å². The van der Waals surface area contributed by atoms with E-state index in [-0.39, 0.29) is 18.6 Å². The Morgan fingerprint density at radius 1 is 1.19 bits per heavy atom. The third-order valence-electron chi connectivity index (χ3n) is 5.44. The van der Waals surface area contributed by atoms with Gasteiger partial charge in [0.1, 0.15) is 5.58 Å². The number of aryl methyl sites for hydroxylation is 3. The lowest BCUT2D eigenvalue weighted by atomic mass is 9.99. The Hall–Kier alpha value is -2.62. The van der Waals surface area contributed by atoms with E-state index in [1.54, 1.807) is 12.3 Å². The van der Waals surface area contributed by atoms with Gasteiger partial charge < -0.3 is 8.98 Å². The molecule has 0 bridgehead atoms. The van der Waals surface area contributed by atoms with Crippen LogP contribution in [0.1, 0.15) is 77.3 Å². The molecular weight excluding hydrogens is 386 g/mol. The Kier molecular flexibility index (Phi) is 7.19. The Balaban J connectivity index is 0.000000471. The highest BCUT2D eigenvalue weighted by Gasteiger charge is 2.33. The van der Waals surface area contributed by atoms with E-state index in [9.17, 15) is 9.59 Å². The van der Waals surface area contributed by atoms with E-state index < -0.39 is 0 Å². The number of ketones is 1. The summed E-state index contributed by atoms with van der Waals surface area (Å²) in [6.07, 6.45) is 5.37. The molecule has 2 aromatic heterocycles. The first-order chi connectivity index (χ1) is 14.9. The molecule has 3 heterocycles. The molecule has 0 spiro atoms. The number of furan rings is 1. The van der Waals surface area contributed by atoms with Gasteiger partial charge in [-0.15, -0.1) is 0 Å². The summed E-state index contributed by atoms with van der Waals surface area (Å²) in [6, 6.07) is 7.92. The van der Waals surface area contributed by atoms with Crippen LogP contribution in [0.3, 0.4) is 0 Å². The first-order valence-electron chi connectivity index (χ1n) is 11.7. The second-order valence-corrected chi connectivity index (χ2v) is 8.84. The molecule has 0 saturated heterocycles. The molecule has 0 radical (unpaired) electrons. The van der Waals surface area contributed by atoms with E-state index in [2.05, 4.69) is 45.9 Å². The fraction of sp³-hybridized carbons (Fsp3) is 0.481. The number of nitrogens with zero attached hydrogens (tertiary/aromatic N) is 1. The minimum absolute atomic E-state index is 0. The number of rotatable bonds is 3. The van der Waals surface area contributed by atoms with Crippen LogP contribution in [0, 0.1) is 11.8 Å². The third-order valence-corrected chi connectivity index (χ3v) is 5.44. The highest BCUT2D eigenvalue weighted by Crippen LogP contribution is 2.38. The standard InChI is InChI=1S/C21H19NO3.C4H10.C2H6.H2/c1-2-12-3-6-14-15-7-8-22-11-16(20(24)13-4-5-13)18(23)10-17(22)21(15)25-19(14)9-12;1-4(2)3;1-2;/h3,6,9-11,13H,2,4-5,7-8H2,1H3;4H,1-3H3;1-2H3;1H. The Labute approximate surface area is 186 Å². The zero-order valence-electron chi connectivity index (χ0n) is 19.7. The Morgan fingerprint density at radius 3 is 2.48 bits per heavy atom. The largest absolute Gasteiger partial charge is 0.454 e. The molecule has 168 valence electrons. The lowest BCUT2D eigenvalue weighted by Crippen LogP contribution is -2.22. The molecule has 1 aliphatic carbocycles. The predicted octanol–water partition coefficient (Wildman–Crippen LogP) is 6.91. The fourth-order valence-corrected chi connectivity index (χ4v) is 3.81. The molecule has 0 N–H and O–H groups in total. The van der Waals surface area contributed by atoms with Crippen molar-refractivity contribution in [2.45, 2.75) is 73.8 Å². The molecule has 1 aromatic carbocycles. The van der Waals surface area contributed by atoms with E-state index in [0.29, 0.717) is 5.56 Å². The van der Waals surface area contributed by atoms with Gasteiger partial charge in [-0.05, 0) is 43.2 Å². The van der Waals surface area contributed by atoms with Crippen LogP contribution in [0.2, 0.25) is 0 Å². The summed E-state index contributed by atoms with van der Waals surface area (Å²) < 4.78 is 8.13. The highest BCUT2D eigenvalue weighted by molar-refractivity contribution is 5.99. The normalized spacial score (nSPS) is 14.2. The first-order valence-corrected chi connectivity index (χ1v) is 11.7. The van der Waals surface area contributed by atoms with Gasteiger partial charge in [0.2, 0.25) is 0 Å². The summed E-state index contributed by atoms with van der Waals surface area (Å²) in [7, 11) is 0. The van der Waals surface area contributed by atoms with Crippen LogP contribution in [-0.2, 0) is 19.4 Å². The molecule has 0 unspecified atom stereocenters. The topological polar surface area (TPSA) is 52.2 Å². The summed E-state index contributed by atoms with van der Waals surface area (Å²) in [5.41, 5.74) is 4.21. The summed E-state index contributed by atoms with van der Waals surface area (Å²) in [6.45, 7) is 13.4. The second-order valence-electron chi connectivity index (χ2n) is 8.84. The van der Waals surface area contributed by atoms with Gasteiger partial charge in [0.25, 0.3) is 0 Å². The van der Waals surface area contributed by atoms with Gasteiger partial charge in [-0.2, -0.15) is 0 Å². The molecule has 5 rings (SSSR count). The zero-order valence-corrected chi connectivity index (χ0v) is 19.7. The molecule has 1 saturated carbocycles. The van der Waals surface area contributed by atoms with E-state index in [1.807, 2.05) is 18.4 Å². The summed E-state index contributed by atoms with van der Waals surface area (Å²) >= 11 is 0. The first kappa shape index (κ1) is 23.1. The number of benzene rings is 1. The number of hydrogen-bond donors (Lipinski definition) is 0. The number of hydrogen-bond acceptors (Lipinski definition) is 3. The van der Waals surface area contributed by atoms with Crippen molar-refractivity contribution in [3.63, 3.8) is 0 Å². The molecule has 4 nitrogen and oxygen atoms in total. The van der Waals surface area contributed by atoms with Gasteiger partial charge in [0.15, 0.2) is 17.0 Å².